The Morgan fingerprint density at radius 3 is 1.98 bits per heavy atom. The number of rotatable bonds is 30. The van der Waals surface area contributed by atoms with E-state index in [0.29, 0.717) is 31.0 Å². The number of hydrogen-bond acceptors (Lipinski definition) is 11. The number of hydrogen-bond donors (Lipinski definition) is 4. The summed E-state index contributed by atoms with van der Waals surface area (Å²) in [6.07, 6.45) is 5.80. The van der Waals surface area contributed by atoms with Gasteiger partial charge in [-0.1, -0.05) is 19.8 Å². The maximum atomic E-state index is 12.9. The van der Waals surface area contributed by atoms with Gasteiger partial charge in [0.1, 0.15) is 11.6 Å². The number of hydroxylamine groups is 2. The number of amides is 2. The van der Waals surface area contributed by atoms with Crippen molar-refractivity contribution in [3.05, 3.63) is 0 Å². The average molecular weight is 668 g/mol. The van der Waals surface area contributed by atoms with Crippen molar-refractivity contribution in [3.63, 3.8) is 0 Å². The molecule has 0 spiro atoms. The first-order valence-electron chi connectivity index (χ1n) is 15.5. The molecule has 0 saturated carbocycles. The first-order chi connectivity index (χ1) is 20.6. The molecule has 0 fully saturated rings. The molecule has 10 nitrogen and oxygen atoms in total. The van der Waals surface area contributed by atoms with Crippen LogP contribution < -0.4 is 10.6 Å². The molecule has 0 aromatic carbocycles. The molecule has 3 atom stereocenters. The van der Waals surface area contributed by atoms with Crippen molar-refractivity contribution in [1.82, 2.24) is 15.7 Å². The highest BCUT2D eigenvalue weighted by Crippen LogP contribution is 2.22. The molecule has 3 unspecified atom stereocenters. The summed E-state index contributed by atoms with van der Waals surface area (Å²) in [5.41, 5.74) is 0. The zero-order valence-corrected chi connectivity index (χ0v) is 29.2. The Balaban J connectivity index is 4.03. The third-order valence-electron chi connectivity index (χ3n) is 7.01. The predicted octanol–water partition coefficient (Wildman–Crippen LogP) is 3.19. The lowest BCUT2D eigenvalue weighted by atomic mass is 9.85. The first-order valence-corrected chi connectivity index (χ1v) is 18.9. The van der Waals surface area contributed by atoms with E-state index in [9.17, 15) is 24.3 Å². The Bertz CT molecular complexity index is 765. The second-order valence-corrected chi connectivity index (χ2v) is 14.0. The maximum absolute atomic E-state index is 12.9. The van der Waals surface area contributed by atoms with Gasteiger partial charge in [-0.2, -0.15) is 28.6 Å². The number of Topliss-reactive ketones (excluding diaryl/α,β-unsaturated/α-hetero) is 2. The Morgan fingerprint density at radius 2 is 1.42 bits per heavy atom. The van der Waals surface area contributed by atoms with Crippen LogP contribution in [0.1, 0.15) is 71.6 Å². The standard InChI is InChI=1S/C30H57N3O7S3/c1-5-25(11-6-8-13-32-30(39)23-43-21-27(36)20-34)28(37)19-26(24(2)35)12-7-9-14-31-29(38)22-42-18-17-41-16-10-15-33(3)40-4/h25-27,34,36H,5-23H2,1-4H3,(H,31,38)(H,32,39). The van der Waals surface area contributed by atoms with E-state index >= 15 is 0 Å². The number of aliphatic hydroxyl groups is 2. The summed E-state index contributed by atoms with van der Waals surface area (Å²) in [5.74, 6) is 3.80. The van der Waals surface area contributed by atoms with E-state index in [1.165, 1.54) is 11.8 Å². The normalized spacial score (nSPS) is 13.5. The molecule has 0 radical (unpaired) electrons. The lowest BCUT2D eigenvalue weighted by molar-refractivity contribution is -0.129. The van der Waals surface area contributed by atoms with Crippen LogP contribution in [0.15, 0.2) is 0 Å². The van der Waals surface area contributed by atoms with E-state index < -0.39 is 6.10 Å². The lowest BCUT2D eigenvalue weighted by Gasteiger charge is -2.18. The Morgan fingerprint density at radius 1 is 0.837 bits per heavy atom. The number of unbranched alkanes of at least 4 members (excludes halogenated alkanes) is 2. The number of ketones is 2. The molecule has 0 aromatic heterocycles. The Labute approximate surface area is 272 Å². The summed E-state index contributed by atoms with van der Waals surface area (Å²) in [6.45, 7) is 5.26. The first kappa shape index (κ1) is 42.2. The summed E-state index contributed by atoms with van der Waals surface area (Å²) in [7, 11) is 3.59. The van der Waals surface area contributed by atoms with Gasteiger partial charge in [-0.25, -0.2) is 0 Å². The van der Waals surface area contributed by atoms with Gasteiger partial charge >= 0.3 is 0 Å². The third kappa shape index (κ3) is 25.1. The molecule has 2 amide bonds. The highest BCUT2D eigenvalue weighted by Gasteiger charge is 2.23. The molecule has 0 aliphatic heterocycles. The van der Waals surface area contributed by atoms with E-state index in [4.69, 9.17) is 9.94 Å². The Hall–Kier alpha value is -0.830. The molecule has 13 heteroatoms. The molecular formula is C30H57N3O7S3. The van der Waals surface area contributed by atoms with Gasteiger partial charge in [0.05, 0.1) is 31.3 Å². The molecule has 0 rings (SSSR count). The van der Waals surface area contributed by atoms with Crippen LogP contribution in [-0.2, 0) is 24.0 Å². The molecule has 4 N–H and O–H groups in total. The van der Waals surface area contributed by atoms with Crippen molar-refractivity contribution in [2.24, 2.45) is 11.8 Å². The van der Waals surface area contributed by atoms with Gasteiger partial charge in [0.25, 0.3) is 0 Å². The summed E-state index contributed by atoms with van der Waals surface area (Å²) < 4.78 is 0. The predicted molar refractivity (Wildman–Crippen MR) is 181 cm³/mol. The van der Waals surface area contributed by atoms with Crippen LogP contribution in [0.4, 0.5) is 0 Å². The highest BCUT2D eigenvalue weighted by atomic mass is 32.2. The van der Waals surface area contributed by atoms with Gasteiger partial charge in [0.2, 0.25) is 11.8 Å². The minimum Gasteiger partial charge on any atom is -0.394 e. The largest absolute Gasteiger partial charge is 0.394 e. The van der Waals surface area contributed by atoms with Crippen LogP contribution in [0.5, 0.6) is 0 Å². The van der Waals surface area contributed by atoms with Gasteiger partial charge in [-0.05, 0) is 51.2 Å². The monoisotopic (exact) mass is 667 g/mol. The minimum atomic E-state index is -0.810. The molecule has 0 bridgehead atoms. The molecular weight excluding hydrogens is 611 g/mol. The quantitative estimate of drug-likeness (QED) is 0.0662. The molecule has 0 aliphatic carbocycles. The van der Waals surface area contributed by atoms with Crippen molar-refractivity contribution in [2.45, 2.75) is 77.7 Å². The van der Waals surface area contributed by atoms with E-state index in [1.807, 2.05) is 30.8 Å². The van der Waals surface area contributed by atoms with Gasteiger partial charge < -0.3 is 25.7 Å². The maximum Gasteiger partial charge on any atom is 0.229 e. The van der Waals surface area contributed by atoms with Crippen molar-refractivity contribution in [1.29, 1.82) is 0 Å². The average Bonchev–Trinajstić information content (AvgIpc) is 2.98. The van der Waals surface area contributed by atoms with Crippen molar-refractivity contribution < 1.29 is 34.2 Å². The van der Waals surface area contributed by atoms with Gasteiger partial charge in [-0.15, -0.1) is 11.8 Å². The molecule has 0 aromatic rings. The molecule has 0 saturated heterocycles. The fourth-order valence-electron chi connectivity index (χ4n) is 4.25. The highest BCUT2D eigenvalue weighted by molar-refractivity contribution is 8.03. The van der Waals surface area contributed by atoms with Crippen molar-refractivity contribution in [3.8, 4) is 0 Å². The smallest absolute Gasteiger partial charge is 0.229 e. The molecule has 0 aliphatic rings. The summed E-state index contributed by atoms with van der Waals surface area (Å²) in [6, 6.07) is 0. The van der Waals surface area contributed by atoms with Gasteiger partial charge in [0.15, 0.2) is 0 Å². The van der Waals surface area contributed by atoms with E-state index in [2.05, 4.69) is 10.6 Å². The minimum absolute atomic E-state index is 0.0390. The number of thioether (sulfide) groups is 3. The molecule has 252 valence electrons. The Kier molecular flexibility index (Phi) is 28.1. The number of nitrogens with one attached hydrogen (secondary N) is 2. The van der Waals surface area contributed by atoms with Gasteiger partial charge in [-0.3, -0.25) is 19.2 Å². The SMILES string of the molecule is CCC(CCCCNC(=O)CSCC(O)CO)C(=O)CC(CCCCNC(=O)CSCCSCCCN(C)OC)C(C)=O. The molecule has 0 heterocycles. The lowest BCUT2D eigenvalue weighted by Crippen LogP contribution is -2.27. The number of nitrogens with zero attached hydrogens (tertiary/aromatic N) is 1. The van der Waals surface area contributed by atoms with Crippen molar-refractivity contribution in [2.75, 3.05) is 74.9 Å². The van der Waals surface area contributed by atoms with E-state index in [1.54, 1.807) is 25.8 Å². The van der Waals surface area contributed by atoms with Gasteiger partial charge in [0, 0.05) is 62.2 Å². The number of aliphatic hydroxyl groups excluding tert-OH is 2. The van der Waals surface area contributed by atoms with Crippen LogP contribution in [-0.4, -0.2) is 120 Å². The number of carbonyl (C=O) groups is 4. The fourth-order valence-corrected chi connectivity index (χ4v) is 6.94. The van der Waals surface area contributed by atoms with Crippen LogP contribution in [0, 0.1) is 11.8 Å². The summed E-state index contributed by atoms with van der Waals surface area (Å²) in [4.78, 5) is 54.2. The third-order valence-corrected chi connectivity index (χ3v) is 10.4. The number of carbonyl (C=O) groups excluding carboxylic acids is 4. The van der Waals surface area contributed by atoms with Crippen LogP contribution in [0.2, 0.25) is 0 Å². The topological polar surface area (TPSA) is 145 Å². The summed E-state index contributed by atoms with van der Waals surface area (Å²) in [5, 5.41) is 25.7. The van der Waals surface area contributed by atoms with E-state index in [-0.39, 0.29) is 54.0 Å². The fraction of sp³-hybridized carbons (Fsp3) is 0.867. The van der Waals surface area contributed by atoms with Crippen LogP contribution in [0.3, 0.4) is 0 Å². The van der Waals surface area contributed by atoms with Crippen LogP contribution in [0.25, 0.3) is 0 Å². The zero-order chi connectivity index (χ0) is 32.3. The van der Waals surface area contributed by atoms with Crippen LogP contribution >= 0.6 is 35.3 Å². The molecule has 43 heavy (non-hydrogen) atoms. The van der Waals surface area contributed by atoms with Crippen molar-refractivity contribution >= 4 is 58.7 Å². The zero-order valence-electron chi connectivity index (χ0n) is 26.8. The summed E-state index contributed by atoms with van der Waals surface area (Å²) >= 11 is 4.81. The second kappa shape index (κ2) is 28.6. The van der Waals surface area contributed by atoms with E-state index in [0.717, 1.165) is 68.7 Å². The second-order valence-electron chi connectivity index (χ2n) is 10.7.